The Hall–Kier alpha value is -1.87. The molecule has 3 aliphatic carbocycles. The van der Waals surface area contributed by atoms with Crippen molar-refractivity contribution in [3.05, 3.63) is 22.8 Å². The summed E-state index contributed by atoms with van der Waals surface area (Å²) in [5.74, 6) is -2.97. The third-order valence-electron chi connectivity index (χ3n) is 7.77. The van der Waals surface area contributed by atoms with Crippen molar-refractivity contribution >= 4 is 13.1 Å². The Morgan fingerprint density at radius 1 is 1.09 bits per heavy atom. The number of esters is 1. The highest BCUT2D eigenvalue weighted by molar-refractivity contribution is 6.45. The van der Waals surface area contributed by atoms with E-state index in [9.17, 15) is 4.79 Å². The number of hydrogen-bond donors (Lipinski definition) is 0. The second-order valence-electron chi connectivity index (χ2n) is 11.2. The van der Waals surface area contributed by atoms with Crippen molar-refractivity contribution in [2.75, 3.05) is 14.2 Å². The maximum Gasteiger partial charge on any atom is 0.462 e. The summed E-state index contributed by atoms with van der Waals surface area (Å²) in [7, 11) is 1.81. The highest BCUT2D eigenvalue weighted by Gasteiger charge is 2.67. The molecule has 0 spiro atoms. The molecule has 5 rings (SSSR count). The minimum absolute atomic E-state index is 0.0749. The van der Waals surface area contributed by atoms with Gasteiger partial charge in [0.1, 0.15) is 11.2 Å². The first kappa shape index (κ1) is 24.3. The molecule has 4 fully saturated rings. The van der Waals surface area contributed by atoms with E-state index in [-0.39, 0.29) is 34.9 Å². The molecule has 1 aromatic rings. The number of rotatable bonds is 5. The van der Waals surface area contributed by atoms with Gasteiger partial charge in [-0.05, 0) is 57.8 Å². The van der Waals surface area contributed by atoms with E-state index in [1.807, 2.05) is 0 Å². The minimum Gasteiger partial charge on any atom is -0.492 e. The summed E-state index contributed by atoms with van der Waals surface area (Å²) in [6.07, 6.45) is 1.79. The molecular weight excluding hydrogens is 433 g/mol. The second-order valence-corrected chi connectivity index (χ2v) is 11.2. The van der Waals surface area contributed by atoms with Gasteiger partial charge in [-0.25, -0.2) is 13.6 Å². The van der Waals surface area contributed by atoms with Crippen molar-refractivity contribution in [3.8, 4) is 11.5 Å². The second kappa shape index (κ2) is 7.84. The van der Waals surface area contributed by atoms with E-state index in [4.69, 9.17) is 23.5 Å². The maximum atomic E-state index is 15.3. The van der Waals surface area contributed by atoms with Crippen LogP contribution in [0, 0.1) is 28.9 Å². The van der Waals surface area contributed by atoms with Gasteiger partial charge >= 0.3 is 13.1 Å². The van der Waals surface area contributed by atoms with Crippen LogP contribution in [0.3, 0.4) is 0 Å². The fourth-order valence-corrected chi connectivity index (χ4v) is 6.00. The number of benzene rings is 1. The van der Waals surface area contributed by atoms with Crippen LogP contribution in [0.15, 0.2) is 0 Å². The van der Waals surface area contributed by atoms with E-state index in [2.05, 4.69) is 20.8 Å². The van der Waals surface area contributed by atoms with Crippen molar-refractivity contribution in [2.45, 2.75) is 78.0 Å². The van der Waals surface area contributed by atoms with E-state index in [1.54, 1.807) is 20.8 Å². The molecule has 3 saturated carbocycles. The zero-order chi connectivity index (χ0) is 24.5. The van der Waals surface area contributed by atoms with E-state index in [0.717, 1.165) is 12.8 Å². The topological polar surface area (TPSA) is 63.2 Å². The van der Waals surface area contributed by atoms with Crippen LogP contribution >= 0.6 is 0 Å². The zero-order valence-electron chi connectivity index (χ0n) is 20.6. The monoisotopic (exact) mass is 466 g/mol. The van der Waals surface area contributed by atoms with Crippen LogP contribution in [0.4, 0.5) is 8.78 Å². The summed E-state index contributed by atoms with van der Waals surface area (Å²) in [6, 6.07) is 0. The molecule has 1 saturated heterocycles. The van der Waals surface area contributed by atoms with Crippen molar-refractivity contribution < 1.29 is 37.1 Å². The lowest BCUT2D eigenvalue weighted by Crippen LogP contribution is -2.65. The minimum atomic E-state index is -1.35. The quantitative estimate of drug-likeness (QED) is 0.461. The molecule has 1 unspecified atom stereocenters. The molecule has 2 bridgehead atoms. The van der Waals surface area contributed by atoms with Crippen LogP contribution in [0.25, 0.3) is 0 Å². The Morgan fingerprint density at radius 3 is 2.27 bits per heavy atom. The molecule has 4 atom stereocenters. The van der Waals surface area contributed by atoms with Crippen LogP contribution in [-0.4, -0.2) is 44.6 Å². The molecule has 1 heterocycles. The number of halogens is 2. The molecule has 1 aliphatic heterocycles. The number of carbonyl (C=O) groups is 1. The maximum absolute atomic E-state index is 15.3. The summed E-state index contributed by atoms with van der Waals surface area (Å²) >= 11 is 0. The first-order valence-corrected chi connectivity index (χ1v) is 11.4. The van der Waals surface area contributed by atoms with Crippen molar-refractivity contribution in [2.24, 2.45) is 17.3 Å². The summed E-state index contributed by atoms with van der Waals surface area (Å²) in [5.41, 5.74) is -1.95. The number of carbonyl (C=O) groups excluding carboxylic acids is 1. The van der Waals surface area contributed by atoms with Crippen LogP contribution in [0.1, 0.15) is 70.3 Å². The molecule has 6 nitrogen and oxygen atoms in total. The molecular formula is C24H33BF2O6. The average molecular weight is 466 g/mol. The van der Waals surface area contributed by atoms with Crippen LogP contribution in [0.2, 0.25) is 0 Å². The third-order valence-corrected chi connectivity index (χ3v) is 7.77. The van der Waals surface area contributed by atoms with E-state index in [0.29, 0.717) is 11.8 Å². The molecule has 0 amide bonds. The van der Waals surface area contributed by atoms with Gasteiger partial charge in [-0.15, -0.1) is 0 Å². The normalized spacial score (nSPS) is 29.9. The number of hydrogen-bond acceptors (Lipinski definition) is 6. The van der Waals surface area contributed by atoms with Crippen LogP contribution < -0.4 is 9.47 Å². The standard InChI is InChI=1S/C24H33BF2O6/c1-22(2,3)31-21(28)16-18(27)17(26)13(19(29-7)20(16)30-8)11-25-32-15-10-12-9-14(23(12,4)5)24(15,6)33-25/h12,14-15H,9-11H2,1-8H3/t12-,14-,15?,24-/m0/s1. The van der Waals surface area contributed by atoms with Gasteiger partial charge in [0, 0.05) is 11.9 Å². The molecule has 0 radical (unpaired) electrons. The molecule has 4 aliphatic rings. The predicted octanol–water partition coefficient (Wildman–Crippen LogP) is 4.75. The third kappa shape index (κ3) is 3.71. The zero-order valence-corrected chi connectivity index (χ0v) is 20.6. The predicted molar refractivity (Wildman–Crippen MR) is 118 cm³/mol. The fraction of sp³-hybridized carbons (Fsp3) is 0.708. The molecule has 9 heteroatoms. The summed E-state index contributed by atoms with van der Waals surface area (Å²) in [5, 5.41) is 0. The van der Waals surface area contributed by atoms with Crippen LogP contribution in [0.5, 0.6) is 11.5 Å². The summed E-state index contributed by atoms with van der Waals surface area (Å²) in [6.45, 7) is 11.5. The van der Waals surface area contributed by atoms with Gasteiger partial charge in [-0.1, -0.05) is 13.8 Å². The van der Waals surface area contributed by atoms with Gasteiger partial charge in [-0.2, -0.15) is 0 Å². The Labute approximate surface area is 194 Å². The van der Waals surface area contributed by atoms with Gasteiger partial charge in [0.25, 0.3) is 0 Å². The Morgan fingerprint density at radius 2 is 1.73 bits per heavy atom. The van der Waals surface area contributed by atoms with E-state index >= 15 is 8.78 Å². The number of ether oxygens (including phenoxy) is 3. The Bertz CT molecular complexity index is 975. The van der Waals surface area contributed by atoms with Crippen LogP contribution in [-0.2, 0) is 20.4 Å². The fourth-order valence-electron chi connectivity index (χ4n) is 6.00. The van der Waals surface area contributed by atoms with Gasteiger partial charge in [-0.3, -0.25) is 0 Å². The molecule has 33 heavy (non-hydrogen) atoms. The Balaban J connectivity index is 1.67. The summed E-state index contributed by atoms with van der Waals surface area (Å²) in [4.78, 5) is 12.6. The van der Waals surface area contributed by atoms with E-state index < -0.39 is 41.5 Å². The Kier molecular flexibility index (Phi) is 5.76. The first-order valence-electron chi connectivity index (χ1n) is 11.4. The lowest BCUT2D eigenvalue weighted by Gasteiger charge is -2.64. The molecule has 1 aromatic carbocycles. The van der Waals surface area contributed by atoms with Crippen molar-refractivity contribution in [1.29, 1.82) is 0 Å². The average Bonchev–Trinajstić information content (AvgIpc) is 3.05. The van der Waals surface area contributed by atoms with Gasteiger partial charge in [0.05, 0.1) is 25.9 Å². The van der Waals surface area contributed by atoms with Gasteiger partial charge in [0.2, 0.25) is 0 Å². The largest absolute Gasteiger partial charge is 0.492 e. The first-order chi connectivity index (χ1) is 15.2. The lowest BCUT2D eigenvalue weighted by molar-refractivity contribution is -0.199. The molecule has 182 valence electrons. The lowest BCUT2D eigenvalue weighted by atomic mass is 9.43. The van der Waals surface area contributed by atoms with Gasteiger partial charge in [0.15, 0.2) is 23.1 Å². The molecule has 0 N–H and O–H groups in total. The van der Waals surface area contributed by atoms with Crippen molar-refractivity contribution in [1.82, 2.24) is 0 Å². The van der Waals surface area contributed by atoms with Crippen molar-refractivity contribution in [3.63, 3.8) is 0 Å². The highest BCUT2D eigenvalue weighted by Crippen LogP contribution is 2.65. The smallest absolute Gasteiger partial charge is 0.462 e. The molecule has 0 aromatic heterocycles. The number of methoxy groups -OCH3 is 2. The summed E-state index contributed by atoms with van der Waals surface area (Å²) < 4.78 is 59.0. The van der Waals surface area contributed by atoms with E-state index in [1.165, 1.54) is 14.2 Å². The van der Waals surface area contributed by atoms with Gasteiger partial charge < -0.3 is 23.5 Å². The highest BCUT2D eigenvalue weighted by atomic mass is 19.2. The SMILES string of the molecule is COc1c(CB2OC3C[C@@H]4C[C@@H](C4(C)C)[C@]3(C)O2)c(F)c(F)c(C(=O)OC(C)(C)C)c1OC.